The third-order valence-electron chi connectivity index (χ3n) is 3.48. The van der Waals surface area contributed by atoms with Crippen LogP contribution in [0.15, 0.2) is 53.3 Å². The molecule has 0 atom stereocenters. The van der Waals surface area contributed by atoms with Gasteiger partial charge in [0.15, 0.2) is 0 Å². The lowest BCUT2D eigenvalue weighted by Gasteiger charge is -2.05. The van der Waals surface area contributed by atoms with Gasteiger partial charge in [0.25, 0.3) is 0 Å². The van der Waals surface area contributed by atoms with E-state index in [4.69, 9.17) is 0 Å². The number of fused-ring (bicyclic) bond motifs is 1. The molecule has 0 unspecified atom stereocenters. The van der Waals surface area contributed by atoms with E-state index in [9.17, 15) is 4.79 Å². The zero-order valence-corrected chi connectivity index (χ0v) is 12.6. The summed E-state index contributed by atoms with van der Waals surface area (Å²) in [5, 5.41) is 3.46. The molecule has 0 amide bonds. The second-order valence-corrected chi connectivity index (χ2v) is 6.13. The average molecular weight is 298 g/mol. The highest BCUT2D eigenvalue weighted by atomic mass is 32.1. The molecule has 3 rings (SSSR count). The molecule has 0 aliphatic rings. The minimum absolute atomic E-state index is 0.0201. The Bertz CT molecular complexity index is 761. The van der Waals surface area contributed by atoms with Crippen LogP contribution in [0.2, 0.25) is 0 Å². The lowest BCUT2D eigenvalue weighted by atomic mass is 10.1. The van der Waals surface area contributed by atoms with Gasteiger partial charge >= 0.3 is 4.87 Å². The fourth-order valence-electron chi connectivity index (χ4n) is 2.39. The molecule has 2 N–H and O–H groups in total. The Balaban J connectivity index is 1.47. The Labute approximate surface area is 127 Å². The zero-order valence-electron chi connectivity index (χ0n) is 11.8. The van der Waals surface area contributed by atoms with Gasteiger partial charge < -0.3 is 10.3 Å². The van der Waals surface area contributed by atoms with Gasteiger partial charge in [0.1, 0.15) is 0 Å². The summed E-state index contributed by atoms with van der Waals surface area (Å²) in [4.78, 5) is 14.1. The lowest BCUT2D eigenvalue weighted by molar-refractivity contribution is 0.649. The van der Waals surface area contributed by atoms with Gasteiger partial charge in [-0.25, -0.2) is 0 Å². The van der Waals surface area contributed by atoms with Gasteiger partial charge in [0.2, 0.25) is 0 Å². The van der Waals surface area contributed by atoms with Crippen LogP contribution >= 0.6 is 11.3 Å². The van der Waals surface area contributed by atoms with Gasteiger partial charge in [-0.3, -0.25) is 4.79 Å². The SMILES string of the molecule is O=c1[nH]c2ccc(CCCNCc3ccccc3)cc2s1. The summed E-state index contributed by atoms with van der Waals surface area (Å²) in [6.45, 7) is 1.91. The Kier molecular flexibility index (Phi) is 4.48. The maximum absolute atomic E-state index is 11.3. The van der Waals surface area contributed by atoms with Gasteiger partial charge in [-0.15, -0.1) is 0 Å². The third kappa shape index (κ3) is 3.80. The summed E-state index contributed by atoms with van der Waals surface area (Å²) >= 11 is 1.28. The number of hydrogen-bond acceptors (Lipinski definition) is 3. The smallest absolute Gasteiger partial charge is 0.305 e. The fourth-order valence-corrected chi connectivity index (χ4v) is 3.19. The molecule has 1 heterocycles. The fraction of sp³-hybridized carbons (Fsp3) is 0.235. The Hall–Kier alpha value is -1.91. The monoisotopic (exact) mass is 298 g/mol. The minimum atomic E-state index is 0.0201. The number of benzene rings is 2. The van der Waals surface area contributed by atoms with Crippen molar-refractivity contribution in [2.24, 2.45) is 0 Å². The first-order chi connectivity index (χ1) is 10.3. The molecule has 0 saturated heterocycles. The van der Waals surface area contributed by atoms with E-state index >= 15 is 0 Å². The topological polar surface area (TPSA) is 44.9 Å². The van der Waals surface area contributed by atoms with Crippen molar-refractivity contribution >= 4 is 21.6 Å². The van der Waals surface area contributed by atoms with Crippen molar-refractivity contribution in [3.63, 3.8) is 0 Å². The summed E-state index contributed by atoms with van der Waals surface area (Å²) in [6, 6.07) is 16.7. The Morgan fingerprint density at radius 2 is 1.90 bits per heavy atom. The van der Waals surface area contributed by atoms with Crippen molar-refractivity contribution < 1.29 is 0 Å². The molecular weight excluding hydrogens is 280 g/mol. The van der Waals surface area contributed by atoms with Crippen LogP contribution in [0, 0.1) is 0 Å². The lowest BCUT2D eigenvalue weighted by Crippen LogP contribution is -2.15. The molecule has 0 aliphatic carbocycles. The Morgan fingerprint density at radius 3 is 2.76 bits per heavy atom. The van der Waals surface area contributed by atoms with Crippen LogP contribution in [0.5, 0.6) is 0 Å². The van der Waals surface area contributed by atoms with Gasteiger partial charge in [0, 0.05) is 6.54 Å². The summed E-state index contributed by atoms with van der Waals surface area (Å²) in [5.74, 6) is 0. The number of hydrogen-bond donors (Lipinski definition) is 2. The molecule has 0 spiro atoms. The molecule has 1 aromatic heterocycles. The van der Waals surface area contributed by atoms with E-state index in [2.05, 4.69) is 46.7 Å². The van der Waals surface area contributed by atoms with Crippen LogP contribution in [0.3, 0.4) is 0 Å². The number of H-pyrrole nitrogens is 1. The zero-order chi connectivity index (χ0) is 14.5. The van der Waals surface area contributed by atoms with Crippen LogP contribution in [-0.4, -0.2) is 11.5 Å². The number of aromatic nitrogens is 1. The molecule has 0 fully saturated rings. The van der Waals surface area contributed by atoms with E-state index in [0.29, 0.717) is 0 Å². The Morgan fingerprint density at radius 1 is 1.05 bits per heavy atom. The van der Waals surface area contributed by atoms with E-state index in [1.54, 1.807) is 0 Å². The van der Waals surface area contributed by atoms with Crippen molar-refractivity contribution in [1.82, 2.24) is 10.3 Å². The van der Waals surface area contributed by atoms with Gasteiger partial charge in [-0.1, -0.05) is 47.7 Å². The molecule has 108 valence electrons. The molecule has 0 bridgehead atoms. The van der Waals surface area contributed by atoms with Crippen LogP contribution < -0.4 is 10.2 Å². The first-order valence-corrected chi connectivity index (χ1v) is 7.99. The molecular formula is C17H18N2OS. The third-order valence-corrected chi connectivity index (χ3v) is 4.32. The number of nitrogens with one attached hydrogen (secondary N) is 2. The molecule has 0 saturated carbocycles. The minimum Gasteiger partial charge on any atom is -0.313 e. The van der Waals surface area contributed by atoms with Crippen LogP contribution in [0.4, 0.5) is 0 Å². The number of aryl methyl sites for hydroxylation is 1. The van der Waals surface area contributed by atoms with E-state index in [1.165, 1.54) is 22.5 Å². The maximum atomic E-state index is 11.3. The highest BCUT2D eigenvalue weighted by Gasteiger charge is 2.01. The predicted octanol–water partition coefficient (Wildman–Crippen LogP) is 3.31. The summed E-state index contributed by atoms with van der Waals surface area (Å²) in [6.07, 6.45) is 2.13. The molecule has 0 aliphatic heterocycles. The van der Waals surface area contributed by atoms with Crippen LogP contribution in [0.25, 0.3) is 10.2 Å². The van der Waals surface area contributed by atoms with E-state index in [1.807, 2.05) is 12.1 Å². The predicted molar refractivity (Wildman–Crippen MR) is 88.9 cm³/mol. The normalized spacial score (nSPS) is 11.0. The summed E-state index contributed by atoms with van der Waals surface area (Å²) < 4.78 is 1.05. The standard InChI is InChI=1S/C17H18N2OS/c20-17-19-15-9-8-13(11-16(15)21-17)7-4-10-18-12-14-5-2-1-3-6-14/h1-3,5-6,8-9,11,18H,4,7,10,12H2,(H,19,20). The molecule has 2 aromatic carbocycles. The van der Waals surface area contributed by atoms with Crippen molar-refractivity contribution in [2.75, 3.05) is 6.54 Å². The van der Waals surface area contributed by atoms with Gasteiger partial charge in [0.05, 0.1) is 10.2 Å². The van der Waals surface area contributed by atoms with Gasteiger partial charge in [-0.2, -0.15) is 0 Å². The average Bonchev–Trinajstić information content (AvgIpc) is 2.87. The van der Waals surface area contributed by atoms with Crippen LogP contribution in [-0.2, 0) is 13.0 Å². The largest absolute Gasteiger partial charge is 0.313 e. The highest BCUT2D eigenvalue weighted by Crippen LogP contribution is 2.17. The van der Waals surface area contributed by atoms with Gasteiger partial charge in [-0.05, 0) is 42.6 Å². The van der Waals surface area contributed by atoms with Crippen molar-refractivity contribution in [2.45, 2.75) is 19.4 Å². The van der Waals surface area contributed by atoms with E-state index in [0.717, 1.165) is 36.1 Å². The molecule has 0 radical (unpaired) electrons. The quantitative estimate of drug-likeness (QED) is 0.686. The maximum Gasteiger partial charge on any atom is 0.305 e. The highest BCUT2D eigenvalue weighted by molar-refractivity contribution is 7.16. The second kappa shape index (κ2) is 6.70. The molecule has 21 heavy (non-hydrogen) atoms. The van der Waals surface area contributed by atoms with Crippen molar-refractivity contribution in [3.8, 4) is 0 Å². The van der Waals surface area contributed by atoms with E-state index < -0.39 is 0 Å². The molecule has 3 nitrogen and oxygen atoms in total. The first kappa shape index (κ1) is 14.0. The van der Waals surface area contributed by atoms with E-state index in [-0.39, 0.29) is 4.87 Å². The first-order valence-electron chi connectivity index (χ1n) is 7.18. The molecule has 3 aromatic rings. The van der Waals surface area contributed by atoms with Crippen LogP contribution in [0.1, 0.15) is 17.5 Å². The van der Waals surface area contributed by atoms with Crippen molar-refractivity contribution in [3.05, 3.63) is 69.3 Å². The number of rotatable bonds is 6. The number of aromatic amines is 1. The summed E-state index contributed by atoms with van der Waals surface area (Å²) in [7, 11) is 0. The summed E-state index contributed by atoms with van der Waals surface area (Å²) in [5.41, 5.74) is 3.55. The molecule has 4 heteroatoms. The second-order valence-electron chi connectivity index (χ2n) is 5.11. The van der Waals surface area contributed by atoms with Crippen molar-refractivity contribution in [1.29, 1.82) is 0 Å². The number of thiazole rings is 1.